The molecule has 1 aliphatic rings. The molecule has 2 N–H and O–H groups in total. The van der Waals surface area contributed by atoms with Crippen molar-refractivity contribution in [3.8, 4) is 0 Å². The topological polar surface area (TPSA) is 65.0 Å². The number of hydrogen-bond acceptors (Lipinski definition) is 5. The van der Waals surface area contributed by atoms with Gasteiger partial charge in [0.05, 0.1) is 19.3 Å². The summed E-state index contributed by atoms with van der Waals surface area (Å²) in [6.07, 6.45) is 1.04. The van der Waals surface area contributed by atoms with Gasteiger partial charge in [0.15, 0.2) is 0 Å². The summed E-state index contributed by atoms with van der Waals surface area (Å²) in [6.45, 7) is 7.69. The van der Waals surface area contributed by atoms with Crippen LogP contribution in [0.2, 0.25) is 0 Å². The average Bonchev–Trinajstić information content (AvgIpc) is 2.64. The molecular formula is C13H27N3O3. The molecule has 1 saturated heterocycles. The molecule has 0 aromatic carbocycles. The molecule has 1 atom stereocenters. The predicted molar refractivity (Wildman–Crippen MR) is 74.1 cm³/mol. The quantitative estimate of drug-likeness (QED) is 0.591. The van der Waals surface area contributed by atoms with Crippen molar-refractivity contribution < 1.29 is 14.6 Å². The maximum Gasteiger partial charge on any atom is 0.237 e. The van der Waals surface area contributed by atoms with Gasteiger partial charge in [-0.15, -0.1) is 0 Å². The van der Waals surface area contributed by atoms with Crippen molar-refractivity contribution in [2.45, 2.75) is 19.4 Å². The summed E-state index contributed by atoms with van der Waals surface area (Å²) in [4.78, 5) is 16.4. The van der Waals surface area contributed by atoms with Crippen LogP contribution in [0.5, 0.6) is 0 Å². The molecule has 1 fully saturated rings. The highest BCUT2D eigenvalue weighted by Crippen LogP contribution is 2.07. The molecule has 0 radical (unpaired) electrons. The fraction of sp³-hybridized carbons (Fsp3) is 0.923. The van der Waals surface area contributed by atoms with E-state index in [0.717, 1.165) is 39.1 Å². The number of rotatable bonds is 7. The molecule has 0 bridgehead atoms. The third-order valence-corrected chi connectivity index (χ3v) is 3.57. The molecule has 1 rings (SSSR count). The van der Waals surface area contributed by atoms with E-state index in [9.17, 15) is 4.79 Å². The third kappa shape index (κ3) is 5.86. The summed E-state index contributed by atoms with van der Waals surface area (Å²) in [6, 6.07) is -0.106. The number of hydrogen-bond donors (Lipinski definition) is 2. The molecule has 6 heteroatoms. The predicted octanol–water partition coefficient (Wildman–Crippen LogP) is -0.862. The highest BCUT2D eigenvalue weighted by atomic mass is 16.5. The van der Waals surface area contributed by atoms with Gasteiger partial charge in [-0.1, -0.05) is 0 Å². The largest absolute Gasteiger partial charge is 0.395 e. The number of aliphatic hydroxyl groups is 1. The monoisotopic (exact) mass is 273 g/mol. The summed E-state index contributed by atoms with van der Waals surface area (Å²) in [7, 11) is 1.63. The summed E-state index contributed by atoms with van der Waals surface area (Å²) in [5.41, 5.74) is 0. The van der Waals surface area contributed by atoms with Gasteiger partial charge >= 0.3 is 0 Å². The normalized spacial score (nSPS) is 19.9. The van der Waals surface area contributed by atoms with Crippen LogP contribution in [0.25, 0.3) is 0 Å². The van der Waals surface area contributed by atoms with Gasteiger partial charge < -0.3 is 15.2 Å². The molecule has 6 nitrogen and oxygen atoms in total. The van der Waals surface area contributed by atoms with E-state index in [1.54, 1.807) is 7.11 Å². The van der Waals surface area contributed by atoms with Gasteiger partial charge in [-0.2, -0.15) is 0 Å². The Morgan fingerprint density at radius 1 is 1.37 bits per heavy atom. The number of β-amino-alcohol motifs (C(OH)–C–C–N with tert-alkyl or cyclic N) is 1. The Morgan fingerprint density at radius 2 is 2.16 bits per heavy atom. The second-order valence-electron chi connectivity index (χ2n) is 4.91. The zero-order valence-electron chi connectivity index (χ0n) is 12.1. The number of amides is 1. The van der Waals surface area contributed by atoms with Gasteiger partial charge in [-0.25, -0.2) is 0 Å². The lowest BCUT2D eigenvalue weighted by Gasteiger charge is -2.26. The first-order valence-corrected chi connectivity index (χ1v) is 7.03. The minimum Gasteiger partial charge on any atom is -0.395 e. The van der Waals surface area contributed by atoms with E-state index in [-0.39, 0.29) is 18.6 Å². The van der Waals surface area contributed by atoms with Gasteiger partial charge in [0.2, 0.25) is 5.91 Å². The van der Waals surface area contributed by atoms with Crippen LogP contribution in [0, 0.1) is 0 Å². The molecule has 0 aliphatic carbocycles. The van der Waals surface area contributed by atoms with Crippen LogP contribution in [0.15, 0.2) is 0 Å². The van der Waals surface area contributed by atoms with Gasteiger partial charge in [-0.05, 0) is 19.9 Å². The Labute approximate surface area is 115 Å². The van der Waals surface area contributed by atoms with Crippen molar-refractivity contribution in [3.05, 3.63) is 0 Å². The van der Waals surface area contributed by atoms with Crippen molar-refractivity contribution in [1.29, 1.82) is 0 Å². The number of methoxy groups -OCH3 is 1. The number of nitrogens with one attached hydrogen (secondary N) is 1. The van der Waals surface area contributed by atoms with E-state index in [2.05, 4.69) is 15.1 Å². The number of aliphatic hydroxyl groups excluding tert-OH is 1. The average molecular weight is 273 g/mol. The van der Waals surface area contributed by atoms with Crippen molar-refractivity contribution in [3.63, 3.8) is 0 Å². The number of nitrogens with zero attached hydrogens (tertiary/aromatic N) is 2. The third-order valence-electron chi connectivity index (χ3n) is 3.57. The number of carbonyl (C=O) groups excluding carboxylic acids is 1. The van der Waals surface area contributed by atoms with Gasteiger partial charge in [0, 0.05) is 39.8 Å². The Kier molecular flexibility index (Phi) is 7.97. The SMILES string of the molecule is COCCNC(=O)C(C)N1CCCN(CCO)CC1. The molecule has 0 aromatic heterocycles. The van der Waals surface area contributed by atoms with Crippen LogP contribution < -0.4 is 5.32 Å². The van der Waals surface area contributed by atoms with Crippen LogP contribution in [0.4, 0.5) is 0 Å². The second kappa shape index (κ2) is 9.25. The molecule has 1 unspecified atom stereocenters. The van der Waals surface area contributed by atoms with E-state index >= 15 is 0 Å². The van der Waals surface area contributed by atoms with Crippen LogP contribution in [0.1, 0.15) is 13.3 Å². The van der Waals surface area contributed by atoms with Crippen LogP contribution in [-0.2, 0) is 9.53 Å². The Balaban J connectivity index is 2.35. The lowest BCUT2D eigenvalue weighted by molar-refractivity contribution is -0.126. The fourth-order valence-corrected chi connectivity index (χ4v) is 2.33. The van der Waals surface area contributed by atoms with Crippen LogP contribution in [0.3, 0.4) is 0 Å². The zero-order chi connectivity index (χ0) is 14.1. The standard InChI is InChI=1S/C13H27N3O3/c1-12(13(18)14-4-11-19-2)16-6-3-5-15(7-8-16)9-10-17/h12,17H,3-11H2,1-2H3,(H,14,18). The maximum absolute atomic E-state index is 12.0. The summed E-state index contributed by atoms with van der Waals surface area (Å²) < 4.78 is 4.92. The van der Waals surface area contributed by atoms with Gasteiger partial charge in [-0.3, -0.25) is 14.6 Å². The molecule has 19 heavy (non-hydrogen) atoms. The number of ether oxygens (including phenoxy) is 1. The van der Waals surface area contributed by atoms with Crippen molar-refractivity contribution in [1.82, 2.24) is 15.1 Å². The minimum atomic E-state index is -0.106. The molecule has 1 amide bonds. The lowest BCUT2D eigenvalue weighted by atomic mass is 10.2. The first-order valence-electron chi connectivity index (χ1n) is 7.03. The molecule has 1 heterocycles. The molecule has 112 valence electrons. The van der Waals surface area contributed by atoms with Gasteiger partial charge in [0.1, 0.15) is 0 Å². The van der Waals surface area contributed by atoms with Gasteiger partial charge in [0.25, 0.3) is 0 Å². The first-order chi connectivity index (χ1) is 9.19. The zero-order valence-corrected chi connectivity index (χ0v) is 12.1. The van der Waals surface area contributed by atoms with E-state index in [1.165, 1.54) is 0 Å². The molecular weight excluding hydrogens is 246 g/mol. The first kappa shape index (κ1) is 16.4. The fourth-order valence-electron chi connectivity index (χ4n) is 2.33. The summed E-state index contributed by atoms with van der Waals surface area (Å²) in [5, 5.41) is 11.8. The highest BCUT2D eigenvalue weighted by molar-refractivity contribution is 5.81. The summed E-state index contributed by atoms with van der Waals surface area (Å²) >= 11 is 0. The Morgan fingerprint density at radius 3 is 2.84 bits per heavy atom. The van der Waals surface area contributed by atoms with Crippen molar-refractivity contribution in [2.24, 2.45) is 0 Å². The molecule has 0 aromatic rings. The van der Waals surface area contributed by atoms with Crippen molar-refractivity contribution in [2.75, 3.05) is 59.6 Å². The lowest BCUT2D eigenvalue weighted by Crippen LogP contribution is -2.47. The minimum absolute atomic E-state index is 0.0626. The Bertz CT molecular complexity index is 264. The maximum atomic E-state index is 12.0. The highest BCUT2D eigenvalue weighted by Gasteiger charge is 2.23. The second-order valence-corrected chi connectivity index (χ2v) is 4.91. The van der Waals surface area contributed by atoms with E-state index < -0.39 is 0 Å². The van der Waals surface area contributed by atoms with E-state index in [4.69, 9.17) is 9.84 Å². The Hall–Kier alpha value is -0.690. The number of carbonyl (C=O) groups is 1. The van der Waals surface area contributed by atoms with Crippen LogP contribution in [-0.4, -0.2) is 86.4 Å². The van der Waals surface area contributed by atoms with Crippen LogP contribution >= 0.6 is 0 Å². The molecule has 1 aliphatic heterocycles. The molecule has 0 saturated carbocycles. The van der Waals surface area contributed by atoms with E-state index in [1.807, 2.05) is 6.92 Å². The smallest absolute Gasteiger partial charge is 0.237 e. The van der Waals surface area contributed by atoms with Crippen molar-refractivity contribution >= 4 is 5.91 Å². The molecule has 0 spiro atoms. The summed E-state index contributed by atoms with van der Waals surface area (Å²) in [5.74, 6) is 0.0626. The van der Waals surface area contributed by atoms with E-state index in [0.29, 0.717) is 13.2 Å².